The van der Waals surface area contributed by atoms with Crippen LogP contribution in [0.5, 0.6) is 0 Å². The number of carbonyl (C=O) groups is 2. The first-order valence-electron chi connectivity index (χ1n) is 6.03. The molecule has 0 fully saturated rings. The van der Waals surface area contributed by atoms with Gasteiger partial charge in [0.2, 0.25) is 5.91 Å². The molecule has 0 spiro atoms. The minimum Gasteiger partial charge on any atom is -0.453 e. The van der Waals surface area contributed by atoms with Crippen LogP contribution in [-0.2, 0) is 9.53 Å². The number of amides is 2. The van der Waals surface area contributed by atoms with Crippen LogP contribution >= 0.6 is 0 Å². The number of rotatable bonds is 6. The van der Waals surface area contributed by atoms with Crippen LogP contribution < -0.4 is 5.32 Å². The van der Waals surface area contributed by atoms with Crippen molar-refractivity contribution in [2.24, 2.45) is 5.92 Å². The molecule has 1 unspecified atom stereocenters. The minimum atomic E-state index is -0.569. The maximum Gasteiger partial charge on any atom is 0.407 e. The molecule has 1 N–H and O–H groups in total. The summed E-state index contributed by atoms with van der Waals surface area (Å²) >= 11 is 0. The van der Waals surface area contributed by atoms with Gasteiger partial charge in [0.05, 0.1) is 7.11 Å². The molecule has 0 bridgehead atoms. The standard InChI is InChI=1S/C12H24N2O3/c1-6-7-8-14(4)11(15)10(9(2)3)13-12(16)17-5/h9-10H,6-8H2,1-5H3,(H,13,16). The van der Waals surface area contributed by atoms with E-state index in [1.54, 1.807) is 11.9 Å². The Hall–Kier alpha value is -1.26. The summed E-state index contributed by atoms with van der Waals surface area (Å²) in [4.78, 5) is 24.9. The quantitative estimate of drug-likeness (QED) is 0.772. The number of nitrogens with one attached hydrogen (secondary N) is 1. The molecule has 0 saturated heterocycles. The van der Waals surface area contributed by atoms with Crippen LogP contribution in [0.1, 0.15) is 33.6 Å². The summed E-state index contributed by atoms with van der Waals surface area (Å²) in [6.07, 6.45) is 1.43. The van der Waals surface area contributed by atoms with Crippen LogP contribution in [0.4, 0.5) is 4.79 Å². The van der Waals surface area contributed by atoms with E-state index in [0.717, 1.165) is 12.8 Å². The molecule has 1 atom stereocenters. The second-order valence-electron chi connectivity index (χ2n) is 4.47. The molecule has 0 aromatic rings. The second kappa shape index (κ2) is 7.92. The van der Waals surface area contributed by atoms with E-state index in [1.165, 1.54) is 7.11 Å². The van der Waals surface area contributed by atoms with E-state index in [-0.39, 0.29) is 11.8 Å². The molecule has 0 radical (unpaired) electrons. The van der Waals surface area contributed by atoms with Crippen molar-refractivity contribution in [2.45, 2.75) is 39.7 Å². The van der Waals surface area contributed by atoms with Crippen molar-refractivity contribution in [3.05, 3.63) is 0 Å². The average molecular weight is 244 g/mol. The Labute approximate surface area is 103 Å². The summed E-state index contributed by atoms with van der Waals surface area (Å²) in [5, 5.41) is 2.57. The Morgan fingerprint density at radius 1 is 1.35 bits per heavy atom. The summed E-state index contributed by atoms with van der Waals surface area (Å²) in [7, 11) is 3.05. The third-order valence-electron chi connectivity index (χ3n) is 2.61. The molecule has 2 amide bonds. The Bertz CT molecular complexity index is 254. The predicted octanol–water partition coefficient (Wildman–Crippen LogP) is 1.63. The zero-order chi connectivity index (χ0) is 13.4. The zero-order valence-electron chi connectivity index (χ0n) is 11.4. The van der Waals surface area contributed by atoms with Crippen LogP contribution in [0.15, 0.2) is 0 Å². The van der Waals surface area contributed by atoms with E-state index in [9.17, 15) is 9.59 Å². The van der Waals surface area contributed by atoms with E-state index in [0.29, 0.717) is 6.54 Å². The molecule has 0 rings (SSSR count). The first kappa shape index (κ1) is 15.7. The summed E-state index contributed by atoms with van der Waals surface area (Å²) in [5.74, 6) is -0.0375. The van der Waals surface area contributed by atoms with Gasteiger partial charge in [0.1, 0.15) is 6.04 Å². The van der Waals surface area contributed by atoms with Gasteiger partial charge in [-0.2, -0.15) is 0 Å². The molecule has 0 aromatic heterocycles. The van der Waals surface area contributed by atoms with Gasteiger partial charge in [0.15, 0.2) is 0 Å². The summed E-state index contributed by atoms with van der Waals surface area (Å²) in [5.41, 5.74) is 0. The van der Waals surface area contributed by atoms with Crippen molar-refractivity contribution in [3.63, 3.8) is 0 Å². The molecule has 17 heavy (non-hydrogen) atoms. The molecule has 100 valence electrons. The lowest BCUT2D eigenvalue weighted by Crippen LogP contribution is -2.50. The number of nitrogens with zero attached hydrogens (tertiary/aromatic N) is 1. The first-order chi connectivity index (χ1) is 7.93. The average Bonchev–Trinajstić information content (AvgIpc) is 2.31. The van der Waals surface area contributed by atoms with E-state index in [1.807, 2.05) is 13.8 Å². The number of hydrogen-bond acceptors (Lipinski definition) is 3. The van der Waals surface area contributed by atoms with Gasteiger partial charge in [-0.25, -0.2) is 4.79 Å². The summed E-state index contributed by atoms with van der Waals surface area (Å²) < 4.78 is 4.52. The Kier molecular flexibility index (Phi) is 7.34. The number of likely N-dealkylation sites (N-methyl/N-ethyl adjacent to an activating group) is 1. The summed E-state index contributed by atoms with van der Waals surface area (Å²) in [6.45, 7) is 6.57. The van der Waals surface area contributed by atoms with E-state index in [2.05, 4.69) is 17.0 Å². The number of hydrogen-bond donors (Lipinski definition) is 1. The van der Waals surface area contributed by atoms with Crippen molar-refractivity contribution < 1.29 is 14.3 Å². The zero-order valence-corrected chi connectivity index (χ0v) is 11.4. The van der Waals surface area contributed by atoms with Crippen molar-refractivity contribution in [1.82, 2.24) is 10.2 Å². The predicted molar refractivity (Wildman–Crippen MR) is 66.7 cm³/mol. The molecule has 0 heterocycles. The van der Waals surface area contributed by atoms with Crippen molar-refractivity contribution in [3.8, 4) is 0 Å². The largest absolute Gasteiger partial charge is 0.453 e. The number of alkyl carbamates (subject to hydrolysis) is 1. The Morgan fingerprint density at radius 2 is 1.94 bits per heavy atom. The van der Waals surface area contributed by atoms with Gasteiger partial charge in [0.25, 0.3) is 0 Å². The number of ether oxygens (including phenoxy) is 1. The highest BCUT2D eigenvalue weighted by Crippen LogP contribution is 2.06. The lowest BCUT2D eigenvalue weighted by molar-refractivity contribution is -0.133. The van der Waals surface area contributed by atoms with Crippen LogP contribution in [0.3, 0.4) is 0 Å². The maximum atomic E-state index is 12.1. The fourth-order valence-electron chi connectivity index (χ4n) is 1.44. The number of carbonyl (C=O) groups excluding carboxylic acids is 2. The van der Waals surface area contributed by atoms with Gasteiger partial charge in [-0.3, -0.25) is 4.79 Å². The van der Waals surface area contributed by atoms with E-state index >= 15 is 0 Å². The SMILES string of the molecule is CCCCN(C)C(=O)C(NC(=O)OC)C(C)C. The van der Waals surface area contributed by atoms with Gasteiger partial charge < -0.3 is 15.0 Å². The van der Waals surface area contributed by atoms with Gasteiger partial charge in [-0.1, -0.05) is 27.2 Å². The van der Waals surface area contributed by atoms with Gasteiger partial charge in [0, 0.05) is 13.6 Å². The Morgan fingerprint density at radius 3 is 2.35 bits per heavy atom. The highest BCUT2D eigenvalue weighted by atomic mass is 16.5. The molecular weight excluding hydrogens is 220 g/mol. The summed E-state index contributed by atoms with van der Waals surface area (Å²) in [6, 6.07) is -0.524. The molecule has 0 aliphatic carbocycles. The Balaban J connectivity index is 4.48. The molecule has 5 nitrogen and oxygen atoms in total. The fraction of sp³-hybridized carbons (Fsp3) is 0.833. The normalized spacial score (nSPS) is 12.1. The van der Waals surface area contributed by atoms with Crippen LogP contribution in [0, 0.1) is 5.92 Å². The third kappa shape index (κ3) is 5.56. The molecule has 0 aromatic carbocycles. The highest BCUT2D eigenvalue weighted by Gasteiger charge is 2.26. The molecular formula is C12H24N2O3. The molecule has 5 heteroatoms. The van der Waals surface area contributed by atoms with E-state index < -0.39 is 12.1 Å². The van der Waals surface area contributed by atoms with E-state index in [4.69, 9.17) is 0 Å². The number of methoxy groups -OCH3 is 1. The smallest absolute Gasteiger partial charge is 0.407 e. The highest BCUT2D eigenvalue weighted by molar-refractivity contribution is 5.85. The maximum absolute atomic E-state index is 12.1. The minimum absolute atomic E-state index is 0.0330. The lowest BCUT2D eigenvalue weighted by atomic mass is 10.0. The monoisotopic (exact) mass is 244 g/mol. The fourth-order valence-corrected chi connectivity index (χ4v) is 1.44. The van der Waals surface area contributed by atoms with Crippen molar-refractivity contribution in [1.29, 1.82) is 0 Å². The third-order valence-corrected chi connectivity index (χ3v) is 2.61. The lowest BCUT2D eigenvalue weighted by Gasteiger charge is -2.26. The topological polar surface area (TPSA) is 58.6 Å². The molecule has 0 aliphatic rings. The van der Waals surface area contributed by atoms with Gasteiger partial charge in [-0.05, 0) is 12.3 Å². The van der Waals surface area contributed by atoms with Crippen LogP contribution in [0.25, 0.3) is 0 Å². The van der Waals surface area contributed by atoms with Crippen molar-refractivity contribution >= 4 is 12.0 Å². The molecule has 0 aliphatic heterocycles. The van der Waals surface area contributed by atoms with Gasteiger partial charge in [-0.15, -0.1) is 0 Å². The van der Waals surface area contributed by atoms with Crippen LogP contribution in [-0.4, -0.2) is 43.6 Å². The molecule has 0 saturated carbocycles. The van der Waals surface area contributed by atoms with Crippen molar-refractivity contribution in [2.75, 3.05) is 20.7 Å². The van der Waals surface area contributed by atoms with Crippen LogP contribution in [0.2, 0.25) is 0 Å². The first-order valence-corrected chi connectivity index (χ1v) is 6.03. The van der Waals surface area contributed by atoms with Gasteiger partial charge >= 0.3 is 6.09 Å². The number of unbranched alkanes of at least 4 members (excludes halogenated alkanes) is 1. The second-order valence-corrected chi connectivity index (χ2v) is 4.47.